The molecule has 222 valence electrons. The molecule has 0 radical (unpaired) electrons. The molecule has 1 aliphatic heterocycles. The average Bonchev–Trinajstić information content (AvgIpc) is 3.01. The largest absolute Gasteiger partial charge is 0.491 e. The van der Waals surface area contributed by atoms with Gasteiger partial charge in [-0.2, -0.15) is 5.26 Å². The Hall–Kier alpha value is -4.12. The van der Waals surface area contributed by atoms with E-state index in [4.69, 9.17) is 21.1 Å². The van der Waals surface area contributed by atoms with E-state index in [1.165, 1.54) is 17.3 Å². The molecular weight excluding hydrogens is 562 g/mol. The molecule has 0 saturated carbocycles. The molecule has 1 N–H and O–H groups in total. The molecule has 0 bridgehead atoms. The molecule has 3 aromatic rings. The van der Waals surface area contributed by atoms with Crippen LogP contribution in [0, 0.1) is 22.7 Å². The predicted octanol–water partition coefficient (Wildman–Crippen LogP) is 7.30. The summed E-state index contributed by atoms with van der Waals surface area (Å²) in [5.74, 6) is 0.328. The van der Waals surface area contributed by atoms with Gasteiger partial charge in [-0.1, -0.05) is 80.4 Å². The third-order valence-electron chi connectivity index (χ3n) is 8.44. The standard InChI is InChI=1S/C35H36ClN3O4/c1-35(2)28(11-8-12-29(35)26-9-4-3-5-10-26)23-43-33-17-32(42-22-25-15-24(18-37)19-38-20-25)27(16-30(33)36)21-39-14-7-6-13-31(39)34(40)41/h3-5,8-12,15-17,19-20,28,31H,6-7,13-14,21-23H2,1-2H3,(H,40,41)/t28?,31-/m0/s1. The second-order valence-electron chi connectivity index (χ2n) is 11.7. The van der Waals surface area contributed by atoms with Crippen molar-refractivity contribution in [2.45, 2.75) is 52.3 Å². The van der Waals surface area contributed by atoms with E-state index in [2.05, 4.69) is 55.3 Å². The van der Waals surface area contributed by atoms with Gasteiger partial charge < -0.3 is 14.6 Å². The SMILES string of the molecule is CC1(C)C(c2ccccc2)=CC=CC1COc1cc(OCc2cncc(C#N)c2)c(CN2CCCC[C@H]2C(=O)O)cc1Cl. The Morgan fingerprint density at radius 3 is 2.72 bits per heavy atom. The van der Waals surface area contributed by atoms with Crippen LogP contribution in [-0.4, -0.2) is 40.2 Å². The predicted molar refractivity (Wildman–Crippen MR) is 167 cm³/mol. The maximum Gasteiger partial charge on any atom is 0.320 e. The fourth-order valence-electron chi connectivity index (χ4n) is 5.88. The highest BCUT2D eigenvalue weighted by Gasteiger charge is 2.35. The van der Waals surface area contributed by atoms with Crippen LogP contribution in [0.4, 0.5) is 0 Å². The van der Waals surface area contributed by atoms with E-state index in [0.29, 0.717) is 48.2 Å². The van der Waals surface area contributed by atoms with Crippen LogP contribution in [0.2, 0.25) is 5.02 Å². The third kappa shape index (κ3) is 7.10. The zero-order valence-electron chi connectivity index (χ0n) is 24.5. The summed E-state index contributed by atoms with van der Waals surface area (Å²) >= 11 is 6.80. The Bertz CT molecular complexity index is 1560. The average molecular weight is 598 g/mol. The Kier molecular flexibility index (Phi) is 9.49. The summed E-state index contributed by atoms with van der Waals surface area (Å²) in [6.45, 7) is 6.11. The molecule has 2 aromatic carbocycles. The van der Waals surface area contributed by atoms with E-state index in [0.717, 1.165) is 24.0 Å². The summed E-state index contributed by atoms with van der Waals surface area (Å²) in [5.41, 5.74) is 4.23. The zero-order chi connectivity index (χ0) is 30.4. The van der Waals surface area contributed by atoms with Gasteiger partial charge in [-0.3, -0.25) is 14.7 Å². The maximum atomic E-state index is 12.0. The van der Waals surface area contributed by atoms with Crippen LogP contribution in [0.15, 0.2) is 79.2 Å². The zero-order valence-corrected chi connectivity index (χ0v) is 25.3. The molecule has 5 rings (SSSR count). The minimum Gasteiger partial charge on any atom is -0.491 e. The molecular formula is C35H36ClN3O4. The monoisotopic (exact) mass is 597 g/mol. The summed E-state index contributed by atoms with van der Waals surface area (Å²) in [6, 6.07) is 17.3. The van der Waals surface area contributed by atoms with Crippen molar-refractivity contribution in [2.24, 2.45) is 11.3 Å². The summed E-state index contributed by atoms with van der Waals surface area (Å²) in [4.78, 5) is 18.1. The number of halogens is 1. The molecule has 0 spiro atoms. The number of carboxylic acids is 1. The Morgan fingerprint density at radius 1 is 1.14 bits per heavy atom. The van der Waals surface area contributed by atoms with Crippen LogP contribution in [0.3, 0.4) is 0 Å². The van der Waals surface area contributed by atoms with Gasteiger partial charge in [-0.15, -0.1) is 0 Å². The number of hydrogen-bond donors (Lipinski definition) is 1. The minimum atomic E-state index is -0.820. The number of aromatic nitrogens is 1. The number of likely N-dealkylation sites (tertiary alicyclic amines) is 1. The van der Waals surface area contributed by atoms with E-state index in [1.54, 1.807) is 18.3 Å². The van der Waals surface area contributed by atoms with Crippen molar-refractivity contribution in [3.8, 4) is 17.6 Å². The smallest absolute Gasteiger partial charge is 0.320 e. The normalized spacial score (nSPS) is 19.7. The molecule has 1 fully saturated rings. The number of nitrogens with zero attached hydrogens (tertiary/aromatic N) is 3. The summed E-state index contributed by atoms with van der Waals surface area (Å²) < 4.78 is 12.7. The highest BCUT2D eigenvalue weighted by atomic mass is 35.5. The molecule has 7 nitrogen and oxygen atoms in total. The van der Waals surface area contributed by atoms with Crippen molar-refractivity contribution >= 4 is 23.1 Å². The number of aliphatic carboxylic acids is 1. The highest BCUT2D eigenvalue weighted by Crippen LogP contribution is 2.45. The van der Waals surface area contributed by atoms with Gasteiger partial charge in [0.25, 0.3) is 0 Å². The molecule has 2 atom stereocenters. The van der Waals surface area contributed by atoms with Crippen molar-refractivity contribution in [3.05, 3.63) is 106 Å². The van der Waals surface area contributed by atoms with E-state index in [1.807, 2.05) is 29.2 Å². The van der Waals surface area contributed by atoms with Crippen LogP contribution < -0.4 is 9.47 Å². The molecule has 43 heavy (non-hydrogen) atoms. The van der Waals surface area contributed by atoms with E-state index >= 15 is 0 Å². The van der Waals surface area contributed by atoms with E-state index < -0.39 is 12.0 Å². The quantitative estimate of drug-likeness (QED) is 0.262. The van der Waals surface area contributed by atoms with Crippen molar-refractivity contribution in [1.29, 1.82) is 5.26 Å². The number of pyridine rings is 1. The summed E-state index contributed by atoms with van der Waals surface area (Å²) in [6.07, 6.45) is 12.0. The molecule has 0 amide bonds. The lowest BCUT2D eigenvalue weighted by Gasteiger charge is -2.37. The number of ether oxygens (including phenoxy) is 2. The molecule has 1 aromatic heterocycles. The molecule has 8 heteroatoms. The van der Waals surface area contributed by atoms with Crippen LogP contribution in [0.25, 0.3) is 5.57 Å². The van der Waals surface area contributed by atoms with Gasteiger partial charge in [0.05, 0.1) is 17.2 Å². The fraction of sp³-hybridized carbons (Fsp3) is 0.343. The maximum absolute atomic E-state index is 12.0. The molecule has 2 heterocycles. The lowest BCUT2D eigenvalue weighted by molar-refractivity contribution is -0.144. The van der Waals surface area contributed by atoms with E-state index in [9.17, 15) is 15.2 Å². The van der Waals surface area contributed by atoms with Gasteiger partial charge in [0.1, 0.15) is 30.2 Å². The lowest BCUT2D eigenvalue weighted by atomic mass is 9.68. The number of nitriles is 1. The number of carbonyl (C=O) groups is 1. The lowest BCUT2D eigenvalue weighted by Crippen LogP contribution is -2.44. The second kappa shape index (κ2) is 13.5. The number of piperidine rings is 1. The minimum absolute atomic E-state index is 0.0947. The molecule has 1 saturated heterocycles. The Balaban J connectivity index is 1.39. The number of allylic oxidation sites excluding steroid dienone is 3. The third-order valence-corrected chi connectivity index (χ3v) is 8.73. The first kappa shape index (κ1) is 30.3. The van der Waals surface area contributed by atoms with Crippen molar-refractivity contribution in [2.75, 3.05) is 13.2 Å². The summed E-state index contributed by atoms with van der Waals surface area (Å²) in [5, 5.41) is 19.5. The number of benzene rings is 2. The first-order valence-electron chi connectivity index (χ1n) is 14.6. The van der Waals surface area contributed by atoms with Gasteiger partial charge in [-0.25, -0.2) is 0 Å². The Labute approximate surface area is 258 Å². The van der Waals surface area contributed by atoms with Gasteiger partial charge >= 0.3 is 5.97 Å². The number of rotatable bonds is 10. The van der Waals surface area contributed by atoms with E-state index in [-0.39, 0.29) is 17.9 Å². The van der Waals surface area contributed by atoms with Crippen LogP contribution in [0.5, 0.6) is 11.5 Å². The first-order chi connectivity index (χ1) is 20.8. The highest BCUT2D eigenvalue weighted by molar-refractivity contribution is 6.32. The van der Waals surface area contributed by atoms with Crippen molar-refractivity contribution in [1.82, 2.24) is 9.88 Å². The van der Waals surface area contributed by atoms with Crippen LogP contribution >= 0.6 is 11.6 Å². The van der Waals surface area contributed by atoms with Gasteiger partial charge in [0, 0.05) is 42.0 Å². The Morgan fingerprint density at radius 2 is 1.95 bits per heavy atom. The number of hydrogen-bond acceptors (Lipinski definition) is 6. The topological polar surface area (TPSA) is 95.7 Å². The number of carboxylic acid groups (broad SMARTS) is 1. The molecule has 1 unspecified atom stereocenters. The van der Waals surface area contributed by atoms with Crippen molar-refractivity contribution in [3.63, 3.8) is 0 Å². The van der Waals surface area contributed by atoms with Gasteiger partial charge in [0.2, 0.25) is 0 Å². The van der Waals surface area contributed by atoms with Crippen LogP contribution in [-0.2, 0) is 17.9 Å². The second-order valence-corrected chi connectivity index (χ2v) is 12.1. The fourth-order valence-corrected chi connectivity index (χ4v) is 6.12. The van der Waals surface area contributed by atoms with Crippen molar-refractivity contribution < 1.29 is 19.4 Å². The van der Waals surface area contributed by atoms with Gasteiger partial charge in [0.15, 0.2) is 0 Å². The summed E-state index contributed by atoms with van der Waals surface area (Å²) in [7, 11) is 0. The molecule has 2 aliphatic rings. The molecule has 1 aliphatic carbocycles. The van der Waals surface area contributed by atoms with Crippen LogP contribution in [0.1, 0.15) is 55.4 Å². The van der Waals surface area contributed by atoms with Gasteiger partial charge in [-0.05, 0) is 48.1 Å². The first-order valence-corrected chi connectivity index (χ1v) is 15.0.